The van der Waals surface area contributed by atoms with E-state index in [4.69, 9.17) is 0 Å². The molecule has 1 aliphatic heterocycles. The molecule has 1 amide bonds. The Morgan fingerprint density at radius 2 is 1.15 bits per heavy atom. The molecule has 7 heteroatoms. The van der Waals surface area contributed by atoms with E-state index in [-0.39, 0.29) is 5.91 Å². The lowest BCUT2D eigenvalue weighted by molar-refractivity contribution is 0.0729. The zero-order chi connectivity index (χ0) is 27.1. The third-order valence-corrected chi connectivity index (χ3v) is 8.92. The van der Waals surface area contributed by atoms with Crippen LogP contribution in [0.2, 0.25) is 0 Å². The van der Waals surface area contributed by atoms with Crippen molar-refractivity contribution in [2.24, 2.45) is 0 Å². The molecule has 6 nitrogen and oxygen atoms in total. The van der Waals surface area contributed by atoms with Gasteiger partial charge in [0.15, 0.2) is 0 Å². The van der Waals surface area contributed by atoms with Crippen molar-refractivity contribution < 1.29 is 13.2 Å². The number of benzene rings is 4. The van der Waals surface area contributed by atoms with Crippen LogP contribution in [0.3, 0.4) is 0 Å². The van der Waals surface area contributed by atoms with Gasteiger partial charge in [-0.2, -0.15) is 4.31 Å². The van der Waals surface area contributed by atoms with Crippen LogP contribution in [0.15, 0.2) is 120 Å². The number of carbonyl (C=O) groups is 1. The minimum atomic E-state index is -3.48. The van der Waals surface area contributed by atoms with Crippen LogP contribution in [0.4, 0.5) is 0 Å². The van der Waals surface area contributed by atoms with Gasteiger partial charge in [0.25, 0.3) is 5.91 Å². The second-order valence-corrected chi connectivity index (χ2v) is 11.8. The predicted molar refractivity (Wildman–Crippen MR) is 153 cm³/mol. The second-order valence-electron chi connectivity index (χ2n) is 9.83. The maximum absolute atomic E-state index is 13.7. The van der Waals surface area contributed by atoms with E-state index < -0.39 is 10.0 Å². The van der Waals surface area contributed by atoms with Crippen molar-refractivity contribution in [3.05, 3.63) is 138 Å². The first-order chi connectivity index (χ1) is 19.0. The number of sulfonamides is 1. The van der Waals surface area contributed by atoms with Crippen LogP contribution >= 0.6 is 0 Å². The van der Waals surface area contributed by atoms with Crippen molar-refractivity contribution in [1.29, 1.82) is 0 Å². The van der Waals surface area contributed by atoms with Crippen LogP contribution in [0.1, 0.15) is 27.0 Å². The molecule has 1 saturated heterocycles. The number of piperazine rings is 1. The molecule has 4 aromatic carbocycles. The minimum absolute atomic E-state index is 0.0108. The number of rotatable bonds is 9. The van der Waals surface area contributed by atoms with E-state index in [1.807, 2.05) is 95.9 Å². The Balaban J connectivity index is 1.26. The smallest absolute Gasteiger partial charge is 0.254 e. The van der Waals surface area contributed by atoms with E-state index in [1.165, 1.54) is 0 Å². The Morgan fingerprint density at radius 3 is 1.72 bits per heavy atom. The molecule has 1 aliphatic rings. The quantitative estimate of drug-likeness (QED) is 0.299. The van der Waals surface area contributed by atoms with Crippen molar-refractivity contribution in [2.45, 2.75) is 24.5 Å². The fourth-order valence-corrected chi connectivity index (χ4v) is 6.36. The molecule has 0 radical (unpaired) electrons. The zero-order valence-corrected chi connectivity index (χ0v) is 22.7. The Kier molecular flexibility index (Phi) is 8.51. The maximum Gasteiger partial charge on any atom is 0.254 e. The summed E-state index contributed by atoms with van der Waals surface area (Å²) in [5.41, 5.74) is 3.87. The van der Waals surface area contributed by atoms with Gasteiger partial charge in [0, 0.05) is 51.4 Å². The Hall–Kier alpha value is -3.78. The largest absolute Gasteiger partial charge is 0.330 e. The number of hydrogen-bond acceptors (Lipinski definition) is 4. The van der Waals surface area contributed by atoms with Gasteiger partial charge in [0.2, 0.25) is 10.0 Å². The first-order valence-electron chi connectivity index (χ1n) is 13.2. The van der Waals surface area contributed by atoms with Gasteiger partial charge in [-0.1, -0.05) is 91.0 Å². The summed E-state index contributed by atoms with van der Waals surface area (Å²) in [6, 6.07) is 36.5. The van der Waals surface area contributed by atoms with Crippen LogP contribution in [-0.2, 0) is 29.7 Å². The minimum Gasteiger partial charge on any atom is -0.330 e. The van der Waals surface area contributed by atoms with Crippen LogP contribution in [0.25, 0.3) is 0 Å². The Labute approximate surface area is 231 Å². The first-order valence-corrected chi connectivity index (χ1v) is 14.7. The van der Waals surface area contributed by atoms with Crippen molar-refractivity contribution in [2.75, 3.05) is 26.2 Å². The highest BCUT2D eigenvalue weighted by molar-refractivity contribution is 7.89. The molecule has 0 atom stereocenters. The summed E-state index contributed by atoms with van der Waals surface area (Å²) < 4.78 is 27.5. The molecule has 0 saturated carbocycles. The van der Waals surface area contributed by atoms with Crippen molar-refractivity contribution >= 4 is 15.9 Å². The second kappa shape index (κ2) is 12.4. The van der Waals surface area contributed by atoms with E-state index in [9.17, 15) is 13.2 Å². The molecular formula is C32H33N3O3S. The van der Waals surface area contributed by atoms with Crippen molar-refractivity contribution in [3.63, 3.8) is 0 Å². The summed E-state index contributed by atoms with van der Waals surface area (Å²) in [6.07, 6.45) is 0. The van der Waals surface area contributed by atoms with Crippen LogP contribution in [0.5, 0.6) is 0 Å². The van der Waals surface area contributed by atoms with E-state index >= 15 is 0 Å². The van der Waals surface area contributed by atoms with Gasteiger partial charge in [-0.15, -0.1) is 0 Å². The standard InChI is InChI=1S/C32H33N3O3S/c36-32(34(25-27-11-4-1-5-12-27)26-28-13-6-2-7-14-28)30-16-10-15-29(23-30)24-33-19-21-35(22-20-33)39(37,38)31-17-8-3-9-18-31/h1-18,23H,19-22,24-26H2. The average Bonchev–Trinajstić information content (AvgIpc) is 2.98. The van der Waals surface area contributed by atoms with E-state index in [0.717, 1.165) is 16.7 Å². The summed E-state index contributed by atoms with van der Waals surface area (Å²) in [7, 11) is -3.48. The number of carbonyl (C=O) groups excluding carboxylic acids is 1. The van der Waals surface area contributed by atoms with Crippen molar-refractivity contribution in [1.82, 2.24) is 14.1 Å². The third-order valence-electron chi connectivity index (χ3n) is 7.01. The molecule has 0 aromatic heterocycles. The van der Waals surface area contributed by atoms with Crippen LogP contribution in [-0.4, -0.2) is 54.6 Å². The molecule has 1 fully saturated rings. The zero-order valence-electron chi connectivity index (χ0n) is 21.9. The SMILES string of the molecule is O=C(c1cccc(CN2CCN(S(=O)(=O)c3ccccc3)CC2)c1)N(Cc1ccccc1)Cc1ccccc1. The molecule has 1 heterocycles. The number of amides is 1. The molecule has 200 valence electrons. The molecule has 0 bridgehead atoms. The van der Waals surface area contributed by atoms with Gasteiger partial charge in [0.1, 0.15) is 0 Å². The topological polar surface area (TPSA) is 60.9 Å². The molecule has 39 heavy (non-hydrogen) atoms. The van der Waals surface area contributed by atoms with Crippen LogP contribution < -0.4 is 0 Å². The molecule has 0 N–H and O–H groups in total. The highest BCUT2D eigenvalue weighted by Gasteiger charge is 2.28. The Bertz CT molecular complexity index is 1430. The fourth-order valence-electron chi connectivity index (χ4n) is 4.92. The molecule has 5 rings (SSSR count). The van der Waals surface area contributed by atoms with Gasteiger partial charge in [-0.25, -0.2) is 8.42 Å². The van der Waals surface area contributed by atoms with E-state index in [1.54, 1.807) is 28.6 Å². The molecule has 0 spiro atoms. The summed E-state index contributed by atoms with van der Waals surface area (Å²) >= 11 is 0. The van der Waals surface area contributed by atoms with Gasteiger partial charge >= 0.3 is 0 Å². The normalized spacial score (nSPS) is 14.7. The summed E-state index contributed by atoms with van der Waals surface area (Å²) in [4.78, 5) is 18.2. The van der Waals surface area contributed by atoms with Crippen molar-refractivity contribution in [3.8, 4) is 0 Å². The van der Waals surface area contributed by atoms with Crippen LogP contribution in [0, 0.1) is 0 Å². The highest BCUT2D eigenvalue weighted by atomic mass is 32.2. The molecule has 0 unspecified atom stereocenters. The predicted octanol–water partition coefficient (Wildman–Crippen LogP) is 5.04. The average molecular weight is 540 g/mol. The van der Waals surface area contributed by atoms with Gasteiger partial charge in [0.05, 0.1) is 4.90 Å². The highest BCUT2D eigenvalue weighted by Crippen LogP contribution is 2.20. The summed E-state index contributed by atoms with van der Waals surface area (Å²) in [6.45, 7) is 3.87. The molecule has 4 aromatic rings. The fraction of sp³-hybridized carbons (Fsp3) is 0.219. The Morgan fingerprint density at radius 1 is 0.641 bits per heavy atom. The van der Waals surface area contributed by atoms with Gasteiger partial charge < -0.3 is 4.90 Å². The summed E-state index contributed by atoms with van der Waals surface area (Å²) in [5, 5.41) is 0. The van der Waals surface area contributed by atoms with E-state index in [0.29, 0.717) is 56.3 Å². The monoisotopic (exact) mass is 539 g/mol. The molecular weight excluding hydrogens is 506 g/mol. The van der Waals surface area contributed by atoms with Gasteiger partial charge in [-0.05, 0) is 41.0 Å². The van der Waals surface area contributed by atoms with E-state index in [2.05, 4.69) is 4.90 Å². The third kappa shape index (κ3) is 6.81. The number of nitrogens with zero attached hydrogens (tertiary/aromatic N) is 3. The maximum atomic E-state index is 13.7. The summed E-state index contributed by atoms with van der Waals surface area (Å²) in [5.74, 6) is -0.0108. The lowest BCUT2D eigenvalue weighted by Crippen LogP contribution is -2.48. The number of hydrogen-bond donors (Lipinski definition) is 0. The lowest BCUT2D eigenvalue weighted by atomic mass is 10.1. The molecule has 0 aliphatic carbocycles. The lowest BCUT2D eigenvalue weighted by Gasteiger charge is -2.34. The first kappa shape index (κ1) is 26.8. The van der Waals surface area contributed by atoms with Gasteiger partial charge in [-0.3, -0.25) is 9.69 Å².